The van der Waals surface area contributed by atoms with Crippen LogP contribution in [0.1, 0.15) is 22.5 Å². The number of morpholine rings is 1. The monoisotopic (exact) mass is 401 g/mol. The molecule has 0 aliphatic carbocycles. The summed E-state index contributed by atoms with van der Waals surface area (Å²) in [4.78, 5) is 2.33. The van der Waals surface area contributed by atoms with Crippen molar-refractivity contribution in [1.29, 1.82) is 5.26 Å². The lowest BCUT2D eigenvalue weighted by Gasteiger charge is -2.29. The van der Waals surface area contributed by atoms with Gasteiger partial charge in [-0.25, -0.2) is 4.39 Å². The highest BCUT2D eigenvalue weighted by atomic mass is 19.1. The van der Waals surface area contributed by atoms with E-state index < -0.39 is 0 Å². The maximum atomic E-state index is 13.2. The number of hydrogen-bond acceptors (Lipinski definition) is 3. The number of anilines is 1. The number of ether oxygens (including phenoxy) is 1. The topological polar surface area (TPSA) is 41.2 Å². The molecule has 1 fully saturated rings. The molecule has 0 saturated carbocycles. The number of aryl methyl sites for hydroxylation is 1. The molecule has 0 spiro atoms. The molecule has 0 amide bonds. The Hall–Kier alpha value is -3.36. The summed E-state index contributed by atoms with van der Waals surface area (Å²) in [6.07, 6.45) is 1.87. The van der Waals surface area contributed by atoms with E-state index in [0.29, 0.717) is 11.1 Å². The Kier molecular flexibility index (Phi) is 5.69. The molecule has 152 valence electrons. The third kappa shape index (κ3) is 4.00. The maximum absolute atomic E-state index is 13.2. The largest absolute Gasteiger partial charge is 0.378 e. The van der Waals surface area contributed by atoms with Crippen LogP contribution in [0.4, 0.5) is 10.1 Å². The fourth-order valence-electron chi connectivity index (χ4n) is 3.93. The number of nitrogens with zero attached hydrogens (tertiary/aromatic N) is 3. The predicted octanol–water partition coefficient (Wildman–Crippen LogP) is 5.13. The van der Waals surface area contributed by atoms with Crippen LogP contribution in [0.25, 0.3) is 17.3 Å². The zero-order valence-electron chi connectivity index (χ0n) is 17.2. The van der Waals surface area contributed by atoms with Gasteiger partial charge in [0.15, 0.2) is 0 Å². The maximum Gasteiger partial charge on any atom is 0.123 e. The van der Waals surface area contributed by atoms with Gasteiger partial charge in [0.25, 0.3) is 0 Å². The van der Waals surface area contributed by atoms with Crippen LogP contribution < -0.4 is 4.90 Å². The van der Waals surface area contributed by atoms with Crippen molar-refractivity contribution in [2.24, 2.45) is 0 Å². The molecule has 0 unspecified atom stereocenters. The fraction of sp³-hybridized carbons (Fsp3) is 0.240. The lowest BCUT2D eigenvalue weighted by Crippen LogP contribution is -2.36. The van der Waals surface area contributed by atoms with Crippen molar-refractivity contribution in [2.45, 2.75) is 13.8 Å². The van der Waals surface area contributed by atoms with Gasteiger partial charge in [-0.05, 0) is 73.5 Å². The highest BCUT2D eigenvalue weighted by Crippen LogP contribution is 2.27. The van der Waals surface area contributed by atoms with Crippen molar-refractivity contribution < 1.29 is 9.13 Å². The van der Waals surface area contributed by atoms with Gasteiger partial charge in [-0.1, -0.05) is 12.1 Å². The number of rotatable bonds is 4. The van der Waals surface area contributed by atoms with Crippen LogP contribution in [0.2, 0.25) is 0 Å². The lowest BCUT2D eigenvalue weighted by atomic mass is 10.0. The zero-order valence-corrected chi connectivity index (χ0v) is 17.2. The quantitative estimate of drug-likeness (QED) is 0.569. The van der Waals surface area contributed by atoms with E-state index in [4.69, 9.17) is 4.74 Å². The van der Waals surface area contributed by atoms with E-state index in [0.717, 1.165) is 48.9 Å². The summed E-state index contributed by atoms with van der Waals surface area (Å²) in [5.41, 5.74) is 6.63. The van der Waals surface area contributed by atoms with Crippen molar-refractivity contribution in [3.8, 4) is 11.8 Å². The summed E-state index contributed by atoms with van der Waals surface area (Å²) >= 11 is 0. The van der Waals surface area contributed by atoms with Crippen molar-refractivity contribution in [1.82, 2.24) is 4.57 Å². The smallest absolute Gasteiger partial charge is 0.123 e. The van der Waals surface area contributed by atoms with Crippen molar-refractivity contribution in [3.63, 3.8) is 0 Å². The molecule has 5 heteroatoms. The first-order valence-corrected chi connectivity index (χ1v) is 10.1. The predicted molar refractivity (Wildman–Crippen MR) is 118 cm³/mol. The molecule has 2 heterocycles. The Morgan fingerprint density at radius 2 is 1.63 bits per heavy atom. The molecule has 4 nitrogen and oxygen atoms in total. The van der Waals surface area contributed by atoms with E-state index >= 15 is 0 Å². The van der Waals surface area contributed by atoms with Crippen LogP contribution in [-0.4, -0.2) is 30.9 Å². The zero-order chi connectivity index (χ0) is 21.1. The fourth-order valence-corrected chi connectivity index (χ4v) is 3.93. The number of benzene rings is 2. The van der Waals surface area contributed by atoms with Gasteiger partial charge in [-0.15, -0.1) is 0 Å². The van der Waals surface area contributed by atoms with Gasteiger partial charge in [0.05, 0.1) is 24.9 Å². The molecule has 0 bridgehead atoms. The first-order chi connectivity index (χ1) is 14.6. The van der Waals surface area contributed by atoms with E-state index in [1.807, 2.05) is 13.0 Å². The van der Waals surface area contributed by atoms with E-state index in [1.54, 1.807) is 12.1 Å². The van der Waals surface area contributed by atoms with Gasteiger partial charge >= 0.3 is 0 Å². The van der Waals surface area contributed by atoms with Crippen LogP contribution in [0.15, 0.2) is 54.6 Å². The van der Waals surface area contributed by atoms with Gasteiger partial charge in [-0.2, -0.15) is 5.26 Å². The molecule has 1 aromatic heterocycles. The van der Waals surface area contributed by atoms with Crippen molar-refractivity contribution in [3.05, 3.63) is 82.9 Å². The minimum Gasteiger partial charge on any atom is -0.378 e. The second kappa shape index (κ2) is 8.56. The highest BCUT2D eigenvalue weighted by Gasteiger charge is 2.14. The van der Waals surface area contributed by atoms with E-state index in [2.05, 4.69) is 52.8 Å². The van der Waals surface area contributed by atoms with Gasteiger partial charge in [-0.3, -0.25) is 0 Å². The molecule has 3 aromatic rings. The van der Waals surface area contributed by atoms with Crippen molar-refractivity contribution >= 4 is 17.3 Å². The Bertz CT molecular complexity index is 1100. The average Bonchev–Trinajstić information content (AvgIpc) is 3.06. The second-order valence-electron chi connectivity index (χ2n) is 7.45. The van der Waals surface area contributed by atoms with E-state index in [9.17, 15) is 9.65 Å². The number of allylic oxidation sites excluding steroid dienone is 1. The number of halogens is 1. The molecule has 0 radical (unpaired) electrons. The van der Waals surface area contributed by atoms with Crippen LogP contribution in [0.3, 0.4) is 0 Å². The summed E-state index contributed by atoms with van der Waals surface area (Å²) in [6.45, 7) is 7.47. The minimum absolute atomic E-state index is 0.310. The average molecular weight is 401 g/mol. The molecule has 1 saturated heterocycles. The number of aromatic nitrogens is 1. The van der Waals surface area contributed by atoms with Crippen molar-refractivity contribution in [2.75, 3.05) is 31.2 Å². The molecule has 0 atom stereocenters. The summed E-state index contributed by atoms with van der Waals surface area (Å²) in [7, 11) is 0. The van der Waals surface area contributed by atoms with Crippen LogP contribution in [-0.2, 0) is 4.74 Å². The van der Waals surface area contributed by atoms with E-state index in [-0.39, 0.29) is 5.82 Å². The third-order valence-corrected chi connectivity index (χ3v) is 5.53. The molecular formula is C25H24FN3O. The van der Waals surface area contributed by atoms with Crippen LogP contribution in [0.5, 0.6) is 0 Å². The standard InChI is InChI=1S/C25H24FN3O/c1-18-15-21(16-22(17-27)20-3-5-23(26)6-4-20)19(2)29(18)25-9-7-24(8-10-25)28-11-13-30-14-12-28/h3-10,15-16H,11-14H2,1-2H3/b22-16+. The summed E-state index contributed by atoms with van der Waals surface area (Å²) < 4.78 is 20.8. The van der Waals surface area contributed by atoms with Gasteiger partial charge in [0.2, 0.25) is 0 Å². The molecule has 1 aliphatic heterocycles. The SMILES string of the molecule is Cc1cc(/C=C(\C#N)c2ccc(F)cc2)c(C)n1-c1ccc(N2CCOCC2)cc1. The van der Waals surface area contributed by atoms with Crippen LogP contribution in [0, 0.1) is 31.0 Å². The third-order valence-electron chi connectivity index (χ3n) is 5.53. The van der Waals surface area contributed by atoms with Crippen LogP contribution >= 0.6 is 0 Å². The van der Waals surface area contributed by atoms with E-state index in [1.165, 1.54) is 17.8 Å². The Balaban J connectivity index is 1.65. The Labute approximate surface area is 176 Å². The first-order valence-electron chi connectivity index (χ1n) is 10.1. The molecular weight excluding hydrogens is 377 g/mol. The molecule has 0 N–H and O–H groups in total. The second-order valence-corrected chi connectivity index (χ2v) is 7.45. The van der Waals surface area contributed by atoms with Gasteiger partial charge < -0.3 is 14.2 Å². The van der Waals surface area contributed by atoms with Gasteiger partial charge in [0.1, 0.15) is 5.82 Å². The minimum atomic E-state index is -0.310. The molecule has 30 heavy (non-hydrogen) atoms. The summed E-state index contributed by atoms with van der Waals surface area (Å²) in [5, 5.41) is 9.62. The Morgan fingerprint density at radius 3 is 2.27 bits per heavy atom. The van der Waals surface area contributed by atoms with Gasteiger partial charge in [0, 0.05) is 35.9 Å². The summed E-state index contributed by atoms with van der Waals surface area (Å²) in [5.74, 6) is -0.310. The lowest BCUT2D eigenvalue weighted by molar-refractivity contribution is 0.122. The number of nitriles is 1. The first kappa shape index (κ1) is 19.9. The Morgan fingerprint density at radius 1 is 1.00 bits per heavy atom. The summed E-state index contributed by atoms with van der Waals surface area (Å²) in [6, 6.07) is 18.9. The highest BCUT2D eigenvalue weighted by molar-refractivity contribution is 5.90. The normalized spacial score (nSPS) is 14.6. The molecule has 2 aromatic carbocycles. The molecule has 4 rings (SSSR count). The number of hydrogen-bond donors (Lipinski definition) is 0. The molecule has 1 aliphatic rings.